The highest BCUT2D eigenvalue weighted by Crippen LogP contribution is 2.49. The van der Waals surface area contributed by atoms with Crippen molar-refractivity contribution in [2.75, 3.05) is 9.80 Å². The van der Waals surface area contributed by atoms with Gasteiger partial charge in [0, 0.05) is 54.1 Å². The van der Waals surface area contributed by atoms with Gasteiger partial charge in [-0.25, -0.2) is 0 Å². The molecule has 0 radical (unpaired) electrons. The van der Waals surface area contributed by atoms with Gasteiger partial charge in [0.05, 0.1) is 21.8 Å². The minimum atomic E-state index is 0.838. The maximum Gasteiger partial charge on any atom is 0.159 e. The SMILES string of the molecule is c1ccc(-c2ccc(-c3cccc(N(c4cccc(-c5cccc(N(c6cccc7c6oc6ccccc67)c6cccc7c6sc6ccccc67)c5)c4)c4cccc5c4oc4ccccc45)c3)cc2)cc1. The smallest absolute Gasteiger partial charge is 0.159 e. The van der Waals surface area contributed by atoms with Crippen LogP contribution in [0.3, 0.4) is 0 Å². The first-order valence-corrected chi connectivity index (χ1v) is 24.8. The van der Waals surface area contributed by atoms with Crippen molar-refractivity contribution in [2.24, 2.45) is 0 Å². The molecule has 11 aromatic carbocycles. The molecule has 5 heteroatoms. The number of thiophene rings is 1. The van der Waals surface area contributed by atoms with E-state index in [9.17, 15) is 0 Å². The van der Waals surface area contributed by atoms with Crippen LogP contribution in [0.1, 0.15) is 0 Å². The topological polar surface area (TPSA) is 32.8 Å². The first-order chi connectivity index (χ1) is 35.2. The molecular weight excluding hydrogens is 885 g/mol. The molecular formula is C66H42N2O2S. The van der Waals surface area contributed by atoms with Crippen molar-refractivity contribution in [3.05, 3.63) is 255 Å². The highest BCUT2D eigenvalue weighted by atomic mass is 32.1. The predicted octanol–water partition coefficient (Wildman–Crippen LogP) is 19.8. The zero-order valence-corrected chi connectivity index (χ0v) is 39.2. The van der Waals surface area contributed by atoms with Crippen molar-refractivity contribution in [1.29, 1.82) is 0 Å². The second-order valence-corrected chi connectivity index (χ2v) is 19.1. The predicted molar refractivity (Wildman–Crippen MR) is 300 cm³/mol. The number of hydrogen-bond acceptors (Lipinski definition) is 5. The molecule has 0 unspecified atom stereocenters. The molecule has 0 spiro atoms. The molecule has 0 saturated heterocycles. The molecule has 0 saturated carbocycles. The van der Waals surface area contributed by atoms with Gasteiger partial charge in [0.15, 0.2) is 11.2 Å². The van der Waals surface area contributed by atoms with Gasteiger partial charge in [0.25, 0.3) is 0 Å². The number of fused-ring (bicyclic) bond motifs is 9. The lowest BCUT2D eigenvalue weighted by atomic mass is 9.99. The Morgan fingerprint density at radius 3 is 1.25 bits per heavy atom. The Bertz CT molecular complexity index is 4200. The number of anilines is 6. The third-order valence-corrected chi connectivity index (χ3v) is 15.1. The molecule has 3 aromatic heterocycles. The van der Waals surface area contributed by atoms with Crippen LogP contribution in [0.5, 0.6) is 0 Å². The Morgan fingerprint density at radius 2 is 0.662 bits per heavy atom. The van der Waals surface area contributed by atoms with E-state index in [-0.39, 0.29) is 0 Å². The van der Waals surface area contributed by atoms with Crippen molar-refractivity contribution >= 4 is 110 Å². The van der Waals surface area contributed by atoms with Crippen molar-refractivity contribution < 1.29 is 8.83 Å². The standard InChI is InChI=1S/C66H42N2O2S/c1-2-16-43(17-3-1)44-36-38-45(39-37-44)46-18-10-21-49(40-46)67(58-30-13-27-55-52-24-4-7-33-61(52)69-64(55)58)50-22-11-19-47(41-50)48-20-12-23-51(42-48)68(59-31-14-28-56-53-25-5-8-34-62(53)70-65(56)59)60-32-15-29-57-54-26-6-9-35-63(54)71-66(57)60/h1-42H. The van der Waals surface area contributed by atoms with Crippen LogP contribution in [0, 0.1) is 0 Å². The van der Waals surface area contributed by atoms with Crippen LogP contribution >= 0.6 is 11.3 Å². The van der Waals surface area contributed by atoms with Crippen LogP contribution in [0.15, 0.2) is 264 Å². The van der Waals surface area contributed by atoms with Gasteiger partial charge in [0.1, 0.15) is 11.2 Å². The van der Waals surface area contributed by atoms with Crippen LogP contribution in [-0.4, -0.2) is 0 Å². The van der Waals surface area contributed by atoms with Crippen LogP contribution in [0.4, 0.5) is 34.1 Å². The van der Waals surface area contributed by atoms with Crippen molar-refractivity contribution in [1.82, 2.24) is 0 Å². The molecule has 0 aliphatic rings. The summed E-state index contributed by atoms with van der Waals surface area (Å²) >= 11 is 1.83. The van der Waals surface area contributed by atoms with Gasteiger partial charge >= 0.3 is 0 Å². The van der Waals surface area contributed by atoms with Crippen molar-refractivity contribution in [3.8, 4) is 33.4 Å². The molecule has 0 fully saturated rings. The maximum absolute atomic E-state index is 6.78. The van der Waals surface area contributed by atoms with Crippen LogP contribution < -0.4 is 9.80 Å². The normalized spacial score (nSPS) is 11.7. The fraction of sp³-hybridized carbons (Fsp3) is 0. The number of nitrogens with zero attached hydrogens (tertiary/aromatic N) is 2. The largest absolute Gasteiger partial charge is 0.454 e. The molecule has 0 aliphatic heterocycles. The van der Waals surface area contributed by atoms with Gasteiger partial charge in [-0.3, -0.25) is 0 Å². The van der Waals surface area contributed by atoms with E-state index in [4.69, 9.17) is 8.83 Å². The summed E-state index contributed by atoms with van der Waals surface area (Å²) in [4.78, 5) is 4.74. The number of benzene rings is 11. The molecule has 71 heavy (non-hydrogen) atoms. The second-order valence-electron chi connectivity index (χ2n) is 18.0. The monoisotopic (exact) mass is 926 g/mol. The Kier molecular flexibility index (Phi) is 9.68. The fourth-order valence-electron chi connectivity index (χ4n) is 10.5. The third kappa shape index (κ3) is 6.97. The van der Waals surface area contributed by atoms with E-state index in [0.717, 1.165) is 100 Å². The van der Waals surface area contributed by atoms with E-state index in [2.05, 4.69) is 252 Å². The van der Waals surface area contributed by atoms with Gasteiger partial charge in [-0.1, -0.05) is 182 Å². The molecule has 0 N–H and O–H groups in total. The van der Waals surface area contributed by atoms with E-state index in [0.29, 0.717) is 0 Å². The highest BCUT2D eigenvalue weighted by Gasteiger charge is 2.24. The first-order valence-electron chi connectivity index (χ1n) is 24.0. The summed E-state index contributed by atoms with van der Waals surface area (Å²) in [5.74, 6) is 0. The summed E-state index contributed by atoms with van der Waals surface area (Å²) < 4.78 is 16.0. The quantitative estimate of drug-likeness (QED) is 0.144. The molecule has 4 nitrogen and oxygen atoms in total. The molecule has 0 atom stereocenters. The Labute approximate surface area is 414 Å². The minimum absolute atomic E-state index is 0.838. The number of hydrogen-bond donors (Lipinski definition) is 0. The van der Waals surface area contributed by atoms with E-state index < -0.39 is 0 Å². The number of rotatable bonds is 9. The molecule has 334 valence electrons. The van der Waals surface area contributed by atoms with E-state index in [1.54, 1.807) is 0 Å². The summed E-state index contributed by atoms with van der Waals surface area (Å²) in [5, 5.41) is 6.86. The molecule has 14 aromatic rings. The highest BCUT2D eigenvalue weighted by molar-refractivity contribution is 7.26. The van der Waals surface area contributed by atoms with Crippen LogP contribution in [0.2, 0.25) is 0 Å². The Morgan fingerprint density at radius 1 is 0.268 bits per heavy atom. The lowest BCUT2D eigenvalue weighted by molar-refractivity contribution is 0.668. The van der Waals surface area contributed by atoms with Crippen LogP contribution in [-0.2, 0) is 0 Å². The Balaban J connectivity index is 0.928. The third-order valence-electron chi connectivity index (χ3n) is 13.8. The average molecular weight is 927 g/mol. The molecule has 14 rings (SSSR count). The second kappa shape index (κ2) is 16.8. The van der Waals surface area contributed by atoms with Gasteiger partial charge in [-0.2, -0.15) is 0 Å². The lowest BCUT2D eigenvalue weighted by Gasteiger charge is -2.27. The van der Waals surface area contributed by atoms with Crippen LogP contribution in [0.25, 0.3) is 97.4 Å². The number of furan rings is 2. The van der Waals surface area contributed by atoms with Gasteiger partial charge in [0.2, 0.25) is 0 Å². The van der Waals surface area contributed by atoms with Gasteiger partial charge < -0.3 is 18.6 Å². The summed E-state index contributed by atoms with van der Waals surface area (Å²) in [7, 11) is 0. The molecule has 0 amide bonds. The Hall–Kier alpha value is -9.16. The average Bonchev–Trinajstić information content (AvgIpc) is 4.15. The van der Waals surface area contributed by atoms with Gasteiger partial charge in [-0.15, -0.1) is 11.3 Å². The zero-order valence-electron chi connectivity index (χ0n) is 38.4. The molecule has 0 aliphatic carbocycles. The fourth-order valence-corrected chi connectivity index (χ4v) is 11.7. The van der Waals surface area contributed by atoms with E-state index in [1.165, 1.54) is 31.3 Å². The molecule has 0 bridgehead atoms. The summed E-state index contributed by atoms with van der Waals surface area (Å²) in [6, 6.07) is 91.0. The van der Waals surface area contributed by atoms with E-state index in [1.807, 2.05) is 23.5 Å². The summed E-state index contributed by atoms with van der Waals surface area (Å²) in [5.41, 5.74) is 16.4. The zero-order chi connectivity index (χ0) is 46.8. The minimum Gasteiger partial charge on any atom is -0.454 e. The summed E-state index contributed by atoms with van der Waals surface area (Å²) in [6.45, 7) is 0. The maximum atomic E-state index is 6.78. The lowest BCUT2D eigenvalue weighted by Crippen LogP contribution is -2.11. The van der Waals surface area contributed by atoms with Crippen molar-refractivity contribution in [2.45, 2.75) is 0 Å². The first kappa shape index (κ1) is 40.9. The van der Waals surface area contributed by atoms with E-state index >= 15 is 0 Å². The van der Waals surface area contributed by atoms with Crippen molar-refractivity contribution in [3.63, 3.8) is 0 Å². The summed E-state index contributed by atoms with van der Waals surface area (Å²) in [6.07, 6.45) is 0. The number of para-hydroxylation sites is 4. The molecule has 3 heterocycles. The van der Waals surface area contributed by atoms with Gasteiger partial charge in [-0.05, 0) is 106 Å².